The molecule has 3 nitrogen and oxygen atoms in total. The molecule has 92 valence electrons. The molecule has 0 N–H and O–H groups in total. The molecule has 1 aromatic rings. The third-order valence-electron chi connectivity index (χ3n) is 3.25. The van der Waals surface area contributed by atoms with E-state index >= 15 is 0 Å². The Bertz CT molecular complexity index is 425. The van der Waals surface area contributed by atoms with Crippen LogP contribution in [0, 0.1) is 12.7 Å². The molecular weight excluding hydrogens is 219 g/mol. The standard InChI is InChI=1S/C13H17FN2O/c1-10-3-4-12(9-13(10)14)16-7-5-15(6-8-16)11(2)17/h3-4,9H,5-8H2,1-2H3. The van der Waals surface area contributed by atoms with Crippen molar-refractivity contribution in [1.82, 2.24) is 4.90 Å². The first-order valence-corrected chi connectivity index (χ1v) is 5.84. The van der Waals surface area contributed by atoms with Crippen LogP contribution in [0.1, 0.15) is 12.5 Å². The number of halogens is 1. The van der Waals surface area contributed by atoms with E-state index in [2.05, 4.69) is 4.90 Å². The molecule has 4 heteroatoms. The Labute approximate surface area is 101 Å². The number of carbonyl (C=O) groups excluding carboxylic acids is 1. The molecule has 1 heterocycles. The van der Waals surface area contributed by atoms with Crippen molar-refractivity contribution >= 4 is 11.6 Å². The van der Waals surface area contributed by atoms with Gasteiger partial charge >= 0.3 is 0 Å². The van der Waals surface area contributed by atoms with E-state index in [9.17, 15) is 9.18 Å². The van der Waals surface area contributed by atoms with Gasteiger partial charge < -0.3 is 9.80 Å². The Morgan fingerprint density at radius 2 is 1.88 bits per heavy atom. The zero-order valence-corrected chi connectivity index (χ0v) is 10.2. The molecule has 1 aliphatic heterocycles. The Hall–Kier alpha value is -1.58. The molecular formula is C13H17FN2O. The fraction of sp³-hybridized carbons (Fsp3) is 0.462. The molecule has 0 saturated carbocycles. The summed E-state index contributed by atoms with van der Waals surface area (Å²) < 4.78 is 13.4. The first kappa shape index (κ1) is 11.9. The van der Waals surface area contributed by atoms with E-state index in [-0.39, 0.29) is 11.7 Å². The topological polar surface area (TPSA) is 23.6 Å². The van der Waals surface area contributed by atoms with Crippen LogP contribution in [0.4, 0.5) is 10.1 Å². The highest BCUT2D eigenvalue weighted by atomic mass is 19.1. The van der Waals surface area contributed by atoms with Gasteiger partial charge in [0.05, 0.1) is 0 Å². The molecule has 0 spiro atoms. The van der Waals surface area contributed by atoms with Gasteiger partial charge in [-0.1, -0.05) is 6.07 Å². The summed E-state index contributed by atoms with van der Waals surface area (Å²) in [4.78, 5) is 15.1. The first-order valence-electron chi connectivity index (χ1n) is 5.84. The summed E-state index contributed by atoms with van der Waals surface area (Å²) in [6.45, 7) is 6.30. The van der Waals surface area contributed by atoms with Crippen LogP contribution in [-0.4, -0.2) is 37.0 Å². The van der Waals surface area contributed by atoms with Crippen LogP contribution in [0.15, 0.2) is 18.2 Å². The average Bonchev–Trinajstić information content (AvgIpc) is 2.33. The maximum Gasteiger partial charge on any atom is 0.219 e. The van der Waals surface area contributed by atoms with E-state index in [1.807, 2.05) is 11.0 Å². The highest BCUT2D eigenvalue weighted by Crippen LogP contribution is 2.19. The first-order chi connectivity index (χ1) is 8.08. The lowest BCUT2D eigenvalue weighted by Crippen LogP contribution is -2.48. The molecule has 0 bridgehead atoms. The maximum atomic E-state index is 13.4. The average molecular weight is 236 g/mol. The number of rotatable bonds is 1. The number of hydrogen-bond acceptors (Lipinski definition) is 2. The zero-order chi connectivity index (χ0) is 12.4. The van der Waals surface area contributed by atoms with Crippen molar-refractivity contribution < 1.29 is 9.18 Å². The molecule has 1 aliphatic rings. The van der Waals surface area contributed by atoms with Gasteiger partial charge in [-0.2, -0.15) is 0 Å². The van der Waals surface area contributed by atoms with Gasteiger partial charge in [0, 0.05) is 38.8 Å². The molecule has 1 amide bonds. The maximum absolute atomic E-state index is 13.4. The van der Waals surface area contributed by atoms with Crippen LogP contribution in [0.2, 0.25) is 0 Å². The van der Waals surface area contributed by atoms with Gasteiger partial charge in [0.15, 0.2) is 0 Å². The fourth-order valence-electron chi connectivity index (χ4n) is 2.06. The van der Waals surface area contributed by atoms with Gasteiger partial charge in [-0.05, 0) is 24.6 Å². The number of piperazine rings is 1. The minimum Gasteiger partial charge on any atom is -0.368 e. The zero-order valence-electron chi connectivity index (χ0n) is 10.2. The van der Waals surface area contributed by atoms with Crippen LogP contribution in [-0.2, 0) is 4.79 Å². The normalized spacial score (nSPS) is 16.2. The lowest BCUT2D eigenvalue weighted by atomic mass is 10.2. The summed E-state index contributed by atoms with van der Waals surface area (Å²) in [7, 11) is 0. The molecule has 0 aliphatic carbocycles. The van der Waals surface area contributed by atoms with Crippen molar-refractivity contribution in [3.63, 3.8) is 0 Å². The van der Waals surface area contributed by atoms with Gasteiger partial charge in [0.2, 0.25) is 5.91 Å². The van der Waals surface area contributed by atoms with E-state index in [1.54, 1.807) is 26.0 Å². The molecule has 1 saturated heterocycles. The van der Waals surface area contributed by atoms with E-state index in [0.717, 1.165) is 18.8 Å². The summed E-state index contributed by atoms with van der Waals surface area (Å²) in [6, 6.07) is 5.29. The summed E-state index contributed by atoms with van der Waals surface area (Å²) in [5, 5.41) is 0. The largest absolute Gasteiger partial charge is 0.368 e. The molecule has 17 heavy (non-hydrogen) atoms. The Kier molecular flexibility index (Phi) is 3.31. The number of benzene rings is 1. The summed E-state index contributed by atoms with van der Waals surface area (Å²) in [6.07, 6.45) is 0. The summed E-state index contributed by atoms with van der Waals surface area (Å²) in [5.41, 5.74) is 1.56. The van der Waals surface area contributed by atoms with Crippen LogP contribution < -0.4 is 4.90 Å². The van der Waals surface area contributed by atoms with Crippen molar-refractivity contribution in [2.45, 2.75) is 13.8 Å². The lowest BCUT2D eigenvalue weighted by molar-refractivity contribution is -0.129. The van der Waals surface area contributed by atoms with Gasteiger partial charge in [-0.3, -0.25) is 4.79 Å². The third-order valence-corrected chi connectivity index (χ3v) is 3.25. The van der Waals surface area contributed by atoms with Crippen molar-refractivity contribution in [3.8, 4) is 0 Å². The monoisotopic (exact) mass is 236 g/mol. The SMILES string of the molecule is CC(=O)N1CCN(c2ccc(C)c(F)c2)CC1. The number of aryl methyl sites for hydroxylation is 1. The van der Waals surface area contributed by atoms with Crippen molar-refractivity contribution in [2.75, 3.05) is 31.1 Å². The molecule has 0 aromatic heterocycles. The quantitative estimate of drug-likeness (QED) is 0.742. The number of nitrogens with zero attached hydrogens (tertiary/aromatic N) is 2. The van der Waals surface area contributed by atoms with E-state index in [1.165, 1.54) is 0 Å². The molecule has 0 unspecified atom stereocenters. The van der Waals surface area contributed by atoms with E-state index < -0.39 is 0 Å². The van der Waals surface area contributed by atoms with Gasteiger partial charge in [0.1, 0.15) is 5.82 Å². The van der Waals surface area contributed by atoms with Crippen molar-refractivity contribution in [2.24, 2.45) is 0 Å². The number of anilines is 1. The predicted molar refractivity (Wildman–Crippen MR) is 65.6 cm³/mol. The smallest absolute Gasteiger partial charge is 0.219 e. The molecule has 2 rings (SSSR count). The molecule has 0 radical (unpaired) electrons. The third kappa shape index (κ3) is 2.57. The Morgan fingerprint density at radius 1 is 1.24 bits per heavy atom. The Balaban J connectivity index is 2.05. The number of amides is 1. The van der Waals surface area contributed by atoms with E-state index in [0.29, 0.717) is 18.7 Å². The lowest BCUT2D eigenvalue weighted by Gasteiger charge is -2.35. The van der Waals surface area contributed by atoms with E-state index in [4.69, 9.17) is 0 Å². The van der Waals surface area contributed by atoms with Gasteiger partial charge in [-0.15, -0.1) is 0 Å². The minimum absolute atomic E-state index is 0.111. The highest BCUT2D eigenvalue weighted by molar-refractivity contribution is 5.73. The van der Waals surface area contributed by atoms with Crippen molar-refractivity contribution in [3.05, 3.63) is 29.6 Å². The minimum atomic E-state index is -0.170. The second kappa shape index (κ2) is 4.73. The molecule has 1 fully saturated rings. The predicted octanol–water partition coefficient (Wildman–Crippen LogP) is 1.80. The van der Waals surface area contributed by atoms with Crippen molar-refractivity contribution in [1.29, 1.82) is 0 Å². The van der Waals surface area contributed by atoms with Crippen LogP contribution >= 0.6 is 0 Å². The van der Waals surface area contributed by atoms with Crippen LogP contribution in [0.3, 0.4) is 0 Å². The number of hydrogen-bond donors (Lipinski definition) is 0. The Morgan fingerprint density at radius 3 is 2.41 bits per heavy atom. The fourth-order valence-corrected chi connectivity index (χ4v) is 2.06. The molecule has 0 atom stereocenters. The summed E-state index contributed by atoms with van der Waals surface area (Å²) in [5.74, 6) is -0.0590. The van der Waals surface area contributed by atoms with Gasteiger partial charge in [-0.25, -0.2) is 4.39 Å². The van der Waals surface area contributed by atoms with Crippen LogP contribution in [0.5, 0.6) is 0 Å². The van der Waals surface area contributed by atoms with Crippen LogP contribution in [0.25, 0.3) is 0 Å². The second-order valence-corrected chi connectivity index (χ2v) is 4.43. The van der Waals surface area contributed by atoms with Gasteiger partial charge in [0.25, 0.3) is 0 Å². The second-order valence-electron chi connectivity index (χ2n) is 4.43. The highest BCUT2D eigenvalue weighted by Gasteiger charge is 2.19. The number of carbonyl (C=O) groups is 1. The molecule has 1 aromatic carbocycles. The summed E-state index contributed by atoms with van der Waals surface area (Å²) >= 11 is 0.